The Hall–Kier alpha value is -1.22. The van der Waals surface area contributed by atoms with Crippen molar-refractivity contribution in [1.82, 2.24) is 4.89 Å². The van der Waals surface area contributed by atoms with Crippen molar-refractivity contribution >= 4 is 27.6 Å². The van der Waals surface area contributed by atoms with E-state index in [4.69, 9.17) is 16.7 Å². The molecular formula is C10H11ClFNO5S. The van der Waals surface area contributed by atoms with Gasteiger partial charge in [-0.2, -0.15) is 0 Å². The van der Waals surface area contributed by atoms with E-state index in [2.05, 4.69) is 4.84 Å². The number of benzene rings is 1. The quantitative estimate of drug-likeness (QED) is 0.805. The third-order valence-corrected chi connectivity index (χ3v) is 3.77. The number of sulfonamides is 1. The number of aliphatic carboxylic acids is 1. The van der Waals surface area contributed by atoms with Crippen LogP contribution in [0.15, 0.2) is 23.1 Å². The molecule has 2 N–H and O–H groups in total. The Bertz CT molecular complexity index is 602. The summed E-state index contributed by atoms with van der Waals surface area (Å²) in [5.74, 6) is -2.06. The lowest BCUT2D eigenvalue weighted by atomic mass is 10.1. The molecule has 6 nitrogen and oxygen atoms in total. The molecule has 0 atom stereocenters. The lowest BCUT2D eigenvalue weighted by Gasteiger charge is -2.19. The van der Waals surface area contributed by atoms with Crippen LogP contribution in [0, 0.1) is 5.82 Å². The van der Waals surface area contributed by atoms with E-state index in [1.807, 2.05) is 0 Å². The number of carboxylic acids is 1. The van der Waals surface area contributed by atoms with E-state index in [1.165, 1.54) is 0 Å². The van der Waals surface area contributed by atoms with Crippen molar-refractivity contribution in [2.75, 3.05) is 0 Å². The van der Waals surface area contributed by atoms with Crippen LogP contribution in [0.4, 0.5) is 4.39 Å². The molecule has 0 heterocycles. The van der Waals surface area contributed by atoms with E-state index >= 15 is 0 Å². The summed E-state index contributed by atoms with van der Waals surface area (Å²) in [6.45, 7) is 2.31. The van der Waals surface area contributed by atoms with Crippen LogP contribution in [0.5, 0.6) is 0 Å². The molecule has 0 amide bonds. The highest BCUT2D eigenvalue weighted by Gasteiger charge is 2.31. The summed E-state index contributed by atoms with van der Waals surface area (Å²) in [6, 6.07) is 2.67. The van der Waals surface area contributed by atoms with Crippen LogP contribution >= 0.6 is 11.6 Å². The van der Waals surface area contributed by atoms with Gasteiger partial charge in [0.15, 0.2) is 5.60 Å². The first-order valence-electron chi connectivity index (χ1n) is 4.94. The molecule has 0 bridgehead atoms. The Kier molecular flexibility index (Phi) is 4.51. The summed E-state index contributed by atoms with van der Waals surface area (Å²) >= 11 is 5.60. The van der Waals surface area contributed by atoms with Gasteiger partial charge in [0.25, 0.3) is 10.0 Å². The average Bonchev–Trinajstić information content (AvgIpc) is 2.26. The molecule has 0 radical (unpaired) electrons. The van der Waals surface area contributed by atoms with Gasteiger partial charge in [0.1, 0.15) is 10.7 Å². The first kappa shape index (κ1) is 15.8. The maximum Gasteiger partial charge on any atom is 0.337 e. The Morgan fingerprint density at radius 2 is 2.05 bits per heavy atom. The second kappa shape index (κ2) is 5.41. The van der Waals surface area contributed by atoms with Crippen LogP contribution < -0.4 is 4.89 Å². The fourth-order valence-electron chi connectivity index (χ4n) is 0.941. The SMILES string of the molecule is CC(C)(ONS(=O)(=O)c1ccc(F)cc1Cl)C(=O)O. The first-order valence-corrected chi connectivity index (χ1v) is 6.80. The van der Waals surface area contributed by atoms with Gasteiger partial charge in [0.05, 0.1) is 5.02 Å². The smallest absolute Gasteiger partial charge is 0.337 e. The molecule has 19 heavy (non-hydrogen) atoms. The minimum Gasteiger partial charge on any atom is -0.479 e. The van der Waals surface area contributed by atoms with Gasteiger partial charge in [0.2, 0.25) is 0 Å². The van der Waals surface area contributed by atoms with Crippen LogP contribution in [0.1, 0.15) is 13.8 Å². The normalized spacial score (nSPS) is 12.4. The maximum atomic E-state index is 12.8. The third kappa shape index (κ3) is 3.87. The van der Waals surface area contributed by atoms with Gasteiger partial charge in [-0.15, -0.1) is 0 Å². The molecular weight excluding hydrogens is 301 g/mol. The summed E-state index contributed by atoms with van der Waals surface area (Å²) in [7, 11) is -4.21. The van der Waals surface area contributed by atoms with Crippen LogP contribution in [0.2, 0.25) is 5.02 Å². The molecule has 0 aromatic heterocycles. The summed E-state index contributed by atoms with van der Waals surface area (Å²) in [4.78, 5) is 16.6. The number of carboxylic acid groups (broad SMARTS) is 1. The van der Waals surface area contributed by atoms with Crippen molar-refractivity contribution in [3.63, 3.8) is 0 Å². The fraction of sp³-hybridized carbons (Fsp3) is 0.300. The standard InChI is InChI=1S/C10H11ClFNO5S/c1-10(2,9(14)15)18-13-19(16,17)8-4-3-6(12)5-7(8)11/h3-5,13H,1-2H3,(H,14,15). The molecule has 106 valence electrons. The van der Waals surface area contributed by atoms with Gasteiger partial charge in [-0.25, -0.2) is 17.6 Å². The molecule has 9 heteroatoms. The zero-order valence-electron chi connectivity index (χ0n) is 9.98. The van der Waals surface area contributed by atoms with Gasteiger partial charge < -0.3 is 5.11 Å². The van der Waals surface area contributed by atoms with Crippen molar-refractivity contribution < 1.29 is 27.5 Å². The van der Waals surface area contributed by atoms with Crippen molar-refractivity contribution in [3.05, 3.63) is 29.0 Å². The molecule has 0 saturated carbocycles. The second-order valence-electron chi connectivity index (χ2n) is 4.08. The Labute approximate surface area is 114 Å². The minimum atomic E-state index is -4.21. The zero-order valence-corrected chi connectivity index (χ0v) is 11.5. The van der Waals surface area contributed by atoms with E-state index in [9.17, 15) is 17.6 Å². The number of nitrogens with one attached hydrogen (secondary N) is 1. The summed E-state index contributed by atoms with van der Waals surface area (Å²) < 4.78 is 36.4. The highest BCUT2D eigenvalue weighted by atomic mass is 35.5. The van der Waals surface area contributed by atoms with Crippen LogP contribution in [-0.2, 0) is 19.7 Å². The summed E-state index contributed by atoms with van der Waals surface area (Å²) in [6.07, 6.45) is 0. The molecule has 0 fully saturated rings. The van der Waals surface area contributed by atoms with Crippen LogP contribution in [0.3, 0.4) is 0 Å². The van der Waals surface area contributed by atoms with Gasteiger partial charge in [-0.3, -0.25) is 4.84 Å². The van der Waals surface area contributed by atoms with Crippen LogP contribution in [0.25, 0.3) is 0 Å². The average molecular weight is 312 g/mol. The molecule has 0 saturated heterocycles. The van der Waals surface area contributed by atoms with Gasteiger partial charge in [-0.05, 0) is 32.0 Å². The molecule has 0 aliphatic rings. The molecule has 0 aliphatic heterocycles. The summed E-state index contributed by atoms with van der Waals surface area (Å²) in [5, 5.41) is 8.42. The van der Waals surface area contributed by atoms with E-state index in [0.717, 1.165) is 32.0 Å². The van der Waals surface area contributed by atoms with Crippen LogP contribution in [-0.4, -0.2) is 25.1 Å². The van der Waals surface area contributed by atoms with E-state index < -0.39 is 32.3 Å². The lowest BCUT2D eigenvalue weighted by Crippen LogP contribution is -2.41. The van der Waals surface area contributed by atoms with Crippen molar-refractivity contribution in [2.45, 2.75) is 24.3 Å². The van der Waals surface area contributed by atoms with Crippen molar-refractivity contribution in [2.24, 2.45) is 0 Å². The predicted octanol–water partition coefficient (Wildman–Crippen LogP) is 1.55. The molecule has 0 spiro atoms. The lowest BCUT2D eigenvalue weighted by molar-refractivity contribution is -0.165. The third-order valence-electron chi connectivity index (χ3n) is 2.11. The van der Waals surface area contributed by atoms with E-state index in [0.29, 0.717) is 0 Å². The molecule has 1 aromatic rings. The summed E-state index contributed by atoms with van der Waals surface area (Å²) in [5.41, 5.74) is -1.76. The molecule has 0 aliphatic carbocycles. The fourth-order valence-corrected chi connectivity index (χ4v) is 2.38. The van der Waals surface area contributed by atoms with E-state index in [-0.39, 0.29) is 5.02 Å². The van der Waals surface area contributed by atoms with E-state index in [1.54, 1.807) is 4.89 Å². The number of halogens is 2. The predicted molar refractivity (Wildman–Crippen MR) is 64.5 cm³/mol. The van der Waals surface area contributed by atoms with Crippen molar-refractivity contribution in [1.29, 1.82) is 0 Å². The Morgan fingerprint density at radius 1 is 1.47 bits per heavy atom. The first-order chi connectivity index (χ1) is 8.56. The van der Waals surface area contributed by atoms with Gasteiger partial charge in [-0.1, -0.05) is 16.5 Å². The minimum absolute atomic E-state index is 0.343. The largest absolute Gasteiger partial charge is 0.479 e. The molecule has 1 aromatic carbocycles. The number of carbonyl (C=O) groups is 1. The maximum absolute atomic E-state index is 12.8. The second-order valence-corrected chi connectivity index (χ2v) is 6.10. The van der Waals surface area contributed by atoms with Crippen molar-refractivity contribution in [3.8, 4) is 0 Å². The Balaban J connectivity index is 2.97. The molecule has 1 rings (SSSR count). The highest BCUT2D eigenvalue weighted by molar-refractivity contribution is 7.89. The highest BCUT2D eigenvalue weighted by Crippen LogP contribution is 2.22. The van der Waals surface area contributed by atoms with Gasteiger partial charge in [0, 0.05) is 0 Å². The zero-order chi connectivity index (χ0) is 14.8. The monoisotopic (exact) mass is 311 g/mol. The number of hydrogen-bond acceptors (Lipinski definition) is 4. The molecule has 0 unspecified atom stereocenters. The topological polar surface area (TPSA) is 92.7 Å². The number of hydrogen-bond donors (Lipinski definition) is 2. The number of rotatable bonds is 5. The Morgan fingerprint density at radius 3 is 2.53 bits per heavy atom. The van der Waals surface area contributed by atoms with Gasteiger partial charge >= 0.3 is 5.97 Å².